The standard InChI is InChI=1S/C18H17NO2S/c20-11-19-15-7-3-1-5-12(15)17-14-9-10-22-18(14)13-6-2-4-8-16(13)21-17/h1,3,5,7,9-10,13,16-17H,2,4,6,8H2. The molecule has 4 heteroatoms. The summed E-state index contributed by atoms with van der Waals surface area (Å²) in [6.07, 6.45) is 6.71. The molecule has 4 rings (SSSR count). The minimum atomic E-state index is -0.117. The lowest BCUT2D eigenvalue weighted by Crippen LogP contribution is -2.32. The number of benzene rings is 1. The molecule has 0 saturated heterocycles. The van der Waals surface area contributed by atoms with E-state index in [1.165, 1.54) is 29.7 Å². The summed E-state index contributed by atoms with van der Waals surface area (Å²) in [4.78, 5) is 16.0. The van der Waals surface area contributed by atoms with Gasteiger partial charge in [-0.1, -0.05) is 31.0 Å². The van der Waals surface area contributed by atoms with Crippen LogP contribution in [0, 0.1) is 0 Å². The maximum absolute atomic E-state index is 10.7. The molecule has 0 N–H and O–H groups in total. The molecule has 0 radical (unpaired) electrons. The third-order valence-electron chi connectivity index (χ3n) is 4.75. The summed E-state index contributed by atoms with van der Waals surface area (Å²) in [6, 6.07) is 9.88. The van der Waals surface area contributed by atoms with Crippen LogP contribution in [-0.2, 0) is 9.53 Å². The highest BCUT2D eigenvalue weighted by atomic mass is 32.1. The van der Waals surface area contributed by atoms with Crippen molar-refractivity contribution in [1.82, 2.24) is 0 Å². The first kappa shape index (κ1) is 13.9. The lowest BCUT2D eigenvalue weighted by molar-refractivity contribution is -0.0371. The average molecular weight is 311 g/mol. The number of carbonyl (C=O) groups excluding carboxylic acids is 1. The number of hydrogen-bond acceptors (Lipinski definition) is 4. The number of nitrogens with zero attached hydrogens (tertiary/aromatic N) is 1. The first-order valence-corrected chi connectivity index (χ1v) is 8.66. The van der Waals surface area contributed by atoms with Crippen LogP contribution in [0.2, 0.25) is 0 Å². The summed E-state index contributed by atoms with van der Waals surface area (Å²) in [7, 11) is 0. The van der Waals surface area contributed by atoms with E-state index in [1.54, 1.807) is 6.08 Å². The van der Waals surface area contributed by atoms with Gasteiger partial charge in [-0.3, -0.25) is 0 Å². The van der Waals surface area contributed by atoms with E-state index in [1.807, 2.05) is 35.6 Å². The number of isocyanates is 1. The summed E-state index contributed by atoms with van der Waals surface area (Å²) in [5, 5.41) is 2.16. The zero-order chi connectivity index (χ0) is 14.9. The monoisotopic (exact) mass is 311 g/mol. The highest BCUT2D eigenvalue weighted by Gasteiger charge is 2.39. The predicted octanol–water partition coefficient (Wildman–Crippen LogP) is 4.86. The topological polar surface area (TPSA) is 38.7 Å². The summed E-state index contributed by atoms with van der Waals surface area (Å²) >= 11 is 1.84. The van der Waals surface area contributed by atoms with Crippen molar-refractivity contribution in [3.63, 3.8) is 0 Å². The Labute approximate surface area is 133 Å². The molecular weight excluding hydrogens is 294 g/mol. The molecular formula is C18H17NO2S. The Kier molecular flexibility index (Phi) is 3.67. The molecule has 2 aromatic rings. The minimum absolute atomic E-state index is 0.117. The van der Waals surface area contributed by atoms with Crippen LogP contribution < -0.4 is 0 Å². The highest BCUT2D eigenvalue weighted by Crippen LogP contribution is 2.50. The van der Waals surface area contributed by atoms with Gasteiger partial charge in [0.2, 0.25) is 6.08 Å². The van der Waals surface area contributed by atoms with Crippen LogP contribution >= 0.6 is 11.3 Å². The van der Waals surface area contributed by atoms with Crippen LogP contribution in [0.4, 0.5) is 5.69 Å². The summed E-state index contributed by atoms with van der Waals surface area (Å²) in [6.45, 7) is 0. The van der Waals surface area contributed by atoms with Crippen LogP contribution in [0.15, 0.2) is 40.7 Å². The van der Waals surface area contributed by atoms with Gasteiger partial charge in [0.1, 0.15) is 6.10 Å². The Morgan fingerprint density at radius 1 is 1.14 bits per heavy atom. The fourth-order valence-electron chi connectivity index (χ4n) is 3.76. The third kappa shape index (κ3) is 2.24. The first-order chi connectivity index (χ1) is 10.9. The van der Waals surface area contributed by atoms with E-state index >= 15 is 0 Å². The fourth-order valence-corrected chi connectivity index (χ4v) is 4.87. The van der Waals surface area contributed by atoms with Crippen molar-refractivity contribution in [3.05, 3.63) is 51.7 Å². The van der Waals surface area contributed by atoms with Crippen molar-refractivity contribution in [2.24, 2.45) is 4.99 Å². The zero-order valence-corrected chi connectivity index (χ0v) is 13.0. The second-order valence-electron chi connectivity index (χ2n) is 5.95. The van der Waals surface area contributed by atoms with E-state index in [4.69, 9.17) is 4.74 Å². The van der Waals surface area contributed by atoms with Crippen molar-refractivity contribution < 1.29 is 9.53 Å². The van der Waals surface area contributed by atoms with Crippen LogP contribution in [0.3, 0.4) is 0 Å². The smallest absolute Gasteiger partial charge is 0.240 e. The van der Waals surface area contributed by atoms with E-state index in [9.17, 15) is 4.79 Å². The zero-order valence-electron chi connectivity index (χ0n) is 12.2. The second-order valence-corrected chi connectivity index (χ2v) is 6.90. The van der Waals surface area contributed by atoms with Crippen molar-refractivity contribution in [1.29, 1.82) is 0 Å². The molecule has 2 heterocycles. The summed E-state index contributed by atoms with van der Waals surface area (Å²) in [5.41, 5.74) is 2.88. The molecule has 112 valence electrons. The van der Waals surface area contributed by atoms with Crippen molar-refractivity contribution in [3.8, 4) is 0 Å². The number of rotatable bonds is 2. The largest absolute Gasteiger partial charge is 0.365 e. The Hall–Kier alpha value is -1.74. The molecule has 1 fully saturated rings. The first-order valence-electron chi connectivity index (χ1n) is 7.78. The molecule has 1 aromatic heterocycles. The quantitative estimate of drug-likeness (QED) is 0.587. The van der Waals surface area contributed by atoms with Gasteiger partial charge in [0.05, 0.1) is 11.8 Å². The van der Waals surface area contributed by atoms with E-state index in [0.717, 1.165) is 12.0 Å². The van der Waals surface area contributed by atoms with Crippen LogP contribution in [0.5, 0.6) is 0 Å². The van der Waals surface area contributed by atoms with Gasteiger partial charge in [-0.15, -0.1) is 11.3 Å². The van der Waals surface area contributed by atoms with E-state index < -0.39 is 0 Å². The maximum atomic E-state index is 10.7. The Morgan fingerprint density at radius 3 is 2.91 bits per heavy atom. The van der Waals surface area contributed by atoms with Crippen LogP contribution in [0.25, 0.3) is 0 Å². The second kappa shape index (κ2) is 5.81. The van der Waals surface area contributed by atoms with Crippen LogP contribution in [-0.4, -0.2) is 12.2 Å². The van der Waals surface area contributed by atoms with Gasteiger partial charge in [-0.2, -0.15) is 4.99 Å². The van der Waals surface area contributed by atoms with E-state index in [-0.39, 0.29) is 12.2 Å². The normalized spacial score (nSPS) is 26.6. The maximum Gasteiger partial charge on any atom is 0.240 e. The lowest BCUT2D eigenvalue weighted by atomic mass is 9.80. The molecule has 1 aliphatic carbocycles. The third-order valence-corrected chi connectivity index (χ3v) is 5.81. The Balaban J connectivity index is 1.81. The molecule has 2 aliphatic rings. The predicted molar refractivity (Wildman–Crippen MR) is 86.5 cm³/mol. The molecule has 1 saturated carbocycles. The van der Waals surface area contributed by atoms with Gasteiger partial charge in [0, 0.05) is 16.4 Å². The van der Waals surface area contributed by atoms with Crippen molar-refractivity contribution in [2.45, 2.75) is 43.8 Å². The van der Waals surface area contributed by atoms with Gasteiger partial charge in [0.15, 0.2) is 0 Å². The molecule has 22 heavy (non-hydrogen) atoms. The number of hydrogen-bond donors (Lipinski definition) is 0. The molecule has 0 spiro atoms. The van der Waals surface area contributed by atoms with Gasteiger partial charge >= 0.3 is 0 Å². The molecule has 3 atom stereocenters. The molecule has 1 aliphatic heterocycles. The van der Waals surface area contributed by atoms with Gasteiger partial charge in [-0.05, 0) is 35.9 Å². The van der Waals surface area contributed by atoms with Crippen molar-refractivity contribution >= 4 is 23.1 Å². The Bertz CT molecular complexity index is 732. The van der Waals surface area contributed by atoms with Gasteiger partial charge < -0.3 is 4.74 Å². The number of para-hydroxylation sites is 1. The van der Waals surface area contributed by atoms with Gasteiger partial charge in [-0.25, -0.2) is 4.79 Å². The molecule has 1 aromatic carbocycles. The van der Waals surface area contributed by atoms with E-state index in [0.29, 0.717) is 11.6 Å². The molecule has 3 unspecified atom stereocenters. The number of ether oxygens (including phenoxy) is 1. The van der Waals surface area contributed by atoms with E-state index in [2.05, 4.69) is 16.4 Å². The van der Waals surface area contributed by atoms with Gasteiger partial charge in [0.25, 0.3) is 0 Å². The summed E-state index contributed by atoms with van der Waals surface area (Å²) in [5.74, 6) is 0.543. The molecule has 0 bridgehead atoms. The minimum Gasteiger partial charge on any atom is -0.365 e. The lowest BCUT2D eigenvalue weighted by Gasteiger charge is -2.39. The summed E-state index contributed by atoms with van der Waals surface area (Å²) < 4.78 is 6.47. The Morgan fingerprint density at radius 2 is 2.00 bits per heavy atom. The highest BCUT2D eigenvalue weighted by molar-refractivity contribution is 7.10. The number of aliphatic imine (C=N–C) groups is 1. The van der Waals surface area contributed by atoms with Crippen molar-refractivity contribution in [2.75, 3.05) is 0 Å². The number of fused-ring (bicyclic) bond motifs is 3. The molecule has 0 amide bonds. The van der Waals surface area contributed by atoms with Crippen LogP contribution in [0.1, 0.15) is 53.7 Å². The average Bonchev–Trinajstić information content (AvgIpc) is 3.05. The fraction of sp³-hybridized carbons (Fsp3) is 0.389. The number of thiophene rings is 1. The SMILES string of the molecule is O=C=Nc1ccccc1C1OC2CCCCC2c2sccc21. The molecule has 3 nitrogen and oxygen atoms in total.